The molecule has 0 aromatic heterocycles. The summed E-state index contributed by atoms with van der Waals surface area (Å²) in [7, 11) is 0. The fourth-order valence-electron chi connectivity index (χ4n) is 2.50. The number of amides is 1. The molecule has 2 nitrogen and oxygen atoms in total. The van der Waals surface area contributed by atoms with Crippen LogP contribution >= 0.6 is 15.9 Å². The van der Waals surface area contributed by atoms with Crippen molar-refractivity contribution in [3.05, 3.63) is 34.1 Å². The van der Waals surface area contributed by atoms with Gasteiger partial charge in [0.1, 0.15) is 5.82 Å². The lowest BCUT2D eigenvalue weighted by Gasteiger charge is -2.18. The van der Waals surface area contributed by atoms with Gasteiger partial charge in [0.15, 0.2) is 0 Å². The number of carbonyl (C=O) groups excluding carboxylic acids is 1. The van der Waals surface area contributed by atoms with E-state index in [4.69, 9.17) is 0 Å². The van der Waals surface area contributed by atoms with E-state index in [1.165, 1.54) is 18.2 Å². The van der Waals surface area contributed by atoms with Crippen LogP contribution in [-0.4, -0.2) is 11.9 Å². The van der Waals surface area contributed by atoms with E-state index in [0.29, 0.717) is 15.5 Å². The normalized spacial score (nSPS) is 21.9. The van der Waals surface area contributed by atoms with Crippen LogP contribution in [0.2, 0.25) is 0 Å². The lowest BCUT2D eigenvalue weighted by atomic mass is 9.92. The van der Waals surface area contributed by atoms with E-state index in [9.17, 15) is 9.18 Å². The van der Waals surface area contributed by atoms with Crippen molar-refractivity contribution in [1.29, 1.82) is 0 Å². The highest BCUT2D eigenvalue weighted by Crippen LogP contribution is 2.37. The largest absolute Gasteiger partial charge is 0.349 e. The second-order valence-electron chi connectivity index (χ2n) is 5.70. The van der Waals surface area contributed by atoms with Gasteiger partial charge in [0, 0.05) is 10.5 Å². The van der Waals surface area contributed by atoms with E-state index in [1.807, 2.05) is 0 Å². The number of benzene rings is 1. The Balaban J connectivity index is 2.04. The van der Waals surface area contributed by atoms with Crippen LogP contribution in [0.15, 0.2) is 22.7 Å². The third-order valence-electron chi connectivity index (χ3n) is 3.48. The van der Waals surface area contributed by atoms with Gasteiger partial charge in [0.25, 0.3) is 5.91 Å². The van der Waals surface area contributed by atoms with Gasteiger partial charge < -0.3 is 5.32 Å². The van der Waals surface area contributed by atoms with Gasteiger partial charge in [-0.3, -0.25) is 4.79 Å². The molecule has 1 aromatic rings. The van der Waals surface area contributed by atoms with Crippen LogP contribution in [0.1, 0.15) is 43.5 Å². The lowest BCUT2D eigenvalue weighted by Crippen LogP contribution is -2.33. The summed E-state index contributed by atoms with van der Waals surface area (Å²) in [6.45, 7) is 4.43. The van der Waals surface area contributed by atoms with Gasteiger partial charge >= 0.3 is 0 Å². The zero-order valence-electron chi connectivity index (χ0n) is 10.6. The quantitative estimate of drug-likeness (QED) is 0.881. The number of hydrogen-bond acceptors (Lipinski definition) is 1. The second-order valence-corrected chi connectivity index (χ2v) is 6.56. The van der Waals surface area contributed by atoms with Crippen molar-refractivity contribution >= 4 is 21.8 Å². The molecule has 1 amide bonds. The highest BCUT2D eigenvalue weighted by atomic mass is 79.9. The maximum Gasteiger partial charge on any atom is 0.252 e. The van der Waals surface area contributed by atoms with Crippen molar-refractivity contribution < 1.29 is 9.18 Å². The van der Waals surface area contributed by atoms with Crippen LogP contribution in [-0.2, 0) is 0 Å². The predicted octanol–water partition coefficient (Wildman–Crippen LogP) is 3.90. The van der Waals surface area contributed by atoms with Crippen LogP contribution < -0.4 is 5.32 Å². The first-order chi connectivity index (χ1) is 8.37. The Labute approximate surface area is 115 Å². The Morgan fingerprint density at radius 3 is 2.78 bits per heavy atom. The Morgan fingerprint density at radius 1 is 1.50 bits per heavy atom. The Morgan fingerprint density at radius 2 is 2.22 bits per heavy atom. The van der Waals surface area contributed by atoms with Crippen LogP contribution in [0.3, 0.4) is 0 Å². The summed E-state index contributed by atoms with van der Waals surface area (Å²) in [6, 6.07) is 4.35. The summed E-state index contributed by atoms with van der Waals surface area (Å²) >= 11 is 3.22. The van der Waals surface area contributed by atoms with Crippen molar-refractivity contribution in [2.45, 2.75) is 39.2 Å². The molecule has 18 heavy (non-hydrogen) atoms. The lowest BCUT2D eigenvalue weighted by molar-refractivity contribution is 0.0935. The Bertz CT molecular complexity index is 473. The molecule has 1 aliphatic carbocycles. The maximum atomic E-state index is 13.0. The SMILES string of the molecule is CC1(C)CCC(NC(=O)c2ccc(F)cc2Br)C1. The molecule has 1 unspecified atom stereocenters. The summed E-state index contributed by atoms with van der Waals surface area (Å²) in [4.78, 5) is 12.1. The van der Waals surface area contributed by atoms with Crippen molar-refractivity contribution in [1.82, 2.24) is 5.32 Å². The highest BCUT2D eigenvalue weighted by Gasteiger charge is 2.31. The van der Waals surface area contributed by atoms with Crippen molar-refractivity contribution in [3.8, 4) is 0 Å². The van der Waals surface area contributed by atoms with E-state index in [2.05, 4.69) is 35.1 Å². The average Bonchev–Trinajstić information content (AvgIpc) is 2.57. The summed E-state index contributed by atoms with van der Waals surface area (Å²) in [5, 5.41) is 3.02. The molecule has 4 heteroatoms. The third kappa shape index (κ3) is 3.10. The van der Waals surface area contributed by atoms with E-state index in [-0.39, 0.29) is 17.8 Å². The maximum absolute atomic E-state index is 13.0. The van der Waals surface area contributed by atoms with Crippen LogP contribution in [0, 0.1) is 11.2 Å². The Hall–Kier alpha value is -0.900. The van der Waals surface area contributed by atoms with Gasteiger partial charge in [0.05, 0.1) is 5.56 Å². The average molecular weight is 314 g/mol. The first-order valence-electron chi connectivity index (χ1n) is 6.13. The molecule has 0 bridgehead atoms. The molecule has 1 atom stereocenters. The summed E-state index contributed by atoms with van der Waals surface area (Å²) in [5.74, 6) is -0.481. The van der Waals surface area contributed by atoms with E-state index in [0.717, 1.165) is 19.3 Å². The van der Waals surface area contributed by atoms with Gasteiger partial charge in [-0.05, 0) is 58.8 Å². The molecular formula is C14H17BrFNO. The summed E-state index contributed by atoms with van der Waals surface area (Å²) in [6.07, 6.45) is 3.14. The number of hydrogen-bond donors (Lipinski definition) is 1. The van der Waals surface area contributed by atoms with Gasteiger partial charge in [-0.2, -0.15) is 0 Å². The van der Waals surface area contributed by atoms with Crippen molar-refractivity contribution in [3.63, 3.8) is 0 Å². The zero-order valence-corrected chi connectivity index (χ0v) is 12.2. The number of halogens is 2. The van der Waals surface area contributed by atoms with E-state index < -0.39 is 0 Å². The molecule has 2 rings (SSSR count). The summed E-state index contributed by atoms with van der Waals surface area (Å²) < 4.78 is 13.5. The van der Waals surface area contributed by atoms with Crippen molar-refractivity contribution in [2.75, 3.05) is 0 Å². The Kier molecular flexibility index (Phi) is 3.76. The fraction of sp³-hybridized carbons (Fsp3) is 0.500. The molecular weight excluding hydrogens is 297 g/mol. The van der Waals surface area contributed by atoms with Crippen LogP contribution in [0.25, 0.3) is 0 Å². The monoisotopic (exact) mass is 313 g/mol. The fourth-order valence-corrected chi connectivity index (χ4v) is 3.03. The van der Waals surface area contributed by atoms with Gasteiger partial charge in [-0.25, -0.2) is 4.39 Å². The third-order valence-corrected chi connectivity index (χ3v) is 4.14. The molecule has 0 heterocycles. The number of rotatable bonds is 2. The van der Waals surface area contributed by atoms with Crippen LogP contribution in [0.5, 0.6) is 0 Å². The molecule has 0 radical (unpaired) electrons. The van der Waals surface area contributed by atoms with E-state index >= 15 is 0 Å². The van der Waals surface area contributed by atoms with Gasteiger partial charge in [-0.15, -0.1) is 0 Å². The topological polar surface area (TPSA) is 29.1 Å². The summed E-state index contributed by atoms with van der Waals surface area (Å²) in [5.41, 5.74) is 0.791. The smallest absolute Gasteiger partial charge is 0.252 e. The first kappa shape index (κ1) is 13.5. The van der Waals surface area contributed by atoms with Gasteiger partial charge in [-0.1, -0.05) is 13.8 Å². The molecule has 98 valence electrons. The molecule has 1 aromatic carbocycles. The molecule has 0 spiro atoms. The highest BCUT2D eigenvalue weighted by molar-refractivity contribution is 9.10. The van der Waals surface area contributed by atoms with E-state index in [1.54, 1.807) is 0 Å². The minimum atomic E-state index is -0.347. The number of carbonyl (C=O) groups is 1. The zero-order chi connectivity index (χ0) is 13.3. The van der Waals surface area contributed by atoms with Crippen molar-refractivity contribution in [2.24, 2.45) is 5.41 Å². The molecule has 1 aliphatic rings. The first-order valence-corrected chi connectivity index (χ1v) is 6.93. The predicted molar refractivity (Wildman–Crippen MR) is 73.0 cm³/mol. The molecule has 1 fully saturated rings. The molecule has 1 N–H and O–H groups in total. The molecule has 0 saturated heterocycles. The standard InChI is InChI=1S/C14H17BrFNO/c1-14(2)6-5-10(8-14)17-13(18)11-4-3-9(16)7-12(11)15/h3-4,7,10H,5-6,8H2,1-2H3,(H,17,18). The van der Waals surface area contributed by atoms with Crippen LogP contribution in [0.4, 0.5) is 4.39 Å². The molecule has 1 saturated carbocycles. The molecule has 0 aliphatic heterocycles. The minimum Gasteiger partial charge on any atom is -0.349 e. The van der Waals surface area contributed by atoms with Gasteiger partial charge in [0.2, 0.25) is 0 Å². The minimum absolute atomic E-state index is 0.135. The number of nitrogens with one attached hydrogen (secondary N) is 1. The second kappa shape index (κ2) is 5.00.